The molecule has 1 fully saturated rings. The van der Waals surface area contributed by atoms with Crippen LogP contribution in [0, 0.1) is 0 Å². The molecule has 0 N–H and O–H groups in total. The van der Waals surface area contributed by atoms with E-state index in [1.54, 1.807) is 11.8 Å². The van der Waals surface area contributed by atoms with E-state index in [1.165, 1.54) is 29.2 Å². The fraction of sp³-hybridized carbons (Fsp3) is 0.357. The van der Waals surface area contributed by atoms with E-state index in [2.05, 4.69) is 47.4 Å². The lowest BCUT2D eigenvalue weighted by molar-refractivity contribution is -0.149. The molecule has 0 spiro atoms. The Morgan fingerprint density at radius 3 is 2.39 bits per heavy atom. The maximum atomic E-state index is 13.2. The van der Waals surface area contributed by atoms with Gasteiger partial charge in [-0.15, -0.1) is 0 Å². The van der Waals surface area contributed by atoms with Crippen molar-refractivity contribution in [3.05, 3.63) is 83.9 Å². The minimum Gasteiger partial charge on any atom is -0.465 e. The van der Waals surface area contributed by atoms with E-state index < -0.39 is 0 Å². The first-order chi connectivity index (χ1) is 16.1. The number of hydrogen-bond donors (Lipinski definition) is 0. The first-order valence-electron chi connectivity index (χ1n) is 11.8. The van der Waals surface area contributed by atoms with E-state index in [-0.39, 0.29) is 18.4 Å². The molecule has 3 aromatic rings. The van der Waals surface area contributed by atoms with Gasteiger partial charge in [0.25, 0.3) is 0 Å². The third-order valence-electron chi connectivity index (χ3n) is 6.12. The molecule has 0 radical (unpaired) electrons. The second-order valence-electron chi connectivity index (χ2n) is 8.63. The summed E-state index contributed by atoms with van der Waals surface area (Å²) in [6.07, 6.45) is 2.73. The van der Waals surface area contributed by atoms with Gasteiger partial charge in [0.15, 0.2) is 0 Å². The van der Waals surface area contributed by atoms with Crippen LogP contribution < -0.4 is 0 Å². The van der Waals surface area contributed by atoms with Crippen molar-refractivity contribution in [2.75, 3.05) is 19.7 Å². The van der Waals surface area contributed by atoms with Gasteiger partial charge in [0.2, 0.25) is 5.91 Å². The first kappa shape index (κ1) is 23.0. The van der Waals surface area contributed by atoms with Gasteiger partial charge in [0.1, 0.15) is 6.54 Å². The van der Waals surface area contributed by atoms with E-state index in [0.717, 1.165) is 12.1 Å². The minimum absolute atomic E-state index is 0.0181. The van der Waals surface area contributed by atoms with Gasteiger partial charge in [-0.25, -0.2) is 0 Å². The quantitative estimate of drug-likeness (QED) is 0.399. The zero-order chi connectivity index (χ0) is 23.0. The maximum Gasteiger partial charge on any atom is 0.325 e. The molecule has 0 aromatic heterocycles. The predicted octanol–water partition coefficient (Wildman–Crippen LogP) is 4.79. The van der Waals surface area contributed by atoms with E-state index in [0.29, 0.717) is 32.2 Å². The molecule has 0 unspecified atom stereocenters. The smallest absolute Gasteiger partial charge is 0.325 e. The lowest BCUT2D eigenvalue weighted by Gasteiger charge is -2.26. The summed E-state index contributed by atoms with van der Waals surface area (Å²) >= 11 is 0. The van der Waals surface area contributed by atoms with Gasteiger partial charge in [-0.3, -0.25) is 14.5 Å². The average molecular weight is 445 g/mol. The summed E-state index contributed by atoms with van der Waals surface area (Å²) in [5.74, 6) is -0.382. The topological polar surface area (TPSA) is 49.9 Å². The van der Waals surface area contributed by atoms with Gasteiger partial charge in [-0.05, 0) is 41.7 Å². The first-order valence-corrected chi connectivity index (χ1v) is 11.8. The number of esters is 1. The average Bonchev–Trinajstić information content (AvgIpc) is 3.67. The summed E-state index contributed by atoms with van der Waals surface area (Å²) in [5, 5.41) is 2.51. The predicted molar refractivity (Wildman–Crippen MR) is 130 cm³/mol. The van der Waals surface area contributed by atoms with Crippen LogP contribution in [-0.4, -0.2) is 47.4 Å². The van der Waals surface area contributed by atoms with Gasteiger partial charge in [0.05, 0.1) is 6.61 Å². The van der Waals surface area contributed by atoms with Crippen molar-refractivity contribution in [2.24, 2.45) is 0 Å². The lowest BCUT2D eigenvalue weighted by atomic mass is 10.0. The number of fused-ring (bicyclic) bond motifs is 1. The Bertz CT molecular complexity index is 1070. The molecule has 0 aliphatic heterocycles. The Morgan fingerprint density at radius 1 is 0.909 bits per heavy atom. The summed E-state index contributed by atoms with van der Waals surface area (Å²) in [7, 11) is 0. The molecule has 4 rings (SSSR count). The molecule has 1 amide bonds. The molecule has 1 aliphatic rings. The van der Waals surface area contributed by atoms with Gasteiger partial charge in [-0.2, -0.15) is 0 Å². The standard InChI is InChI=1S/C28H32N2O3/c1-2-33-28(32)21-30(19-22-9-4-3-5-10-22)27(31)17-18-29(25-15-16-25)20-24-13-8-12-23-11-6-7-14-26(23)24/h3-14,25H,2,15-21H2,1H3. The van der Waals surface area contributed by atoms with Crippen molar-refractivity contribution >= 4 is 22.6 Å². The van der Waals surface area contributed by atoms with E-state index in [1.807, 2.05) is 30.3 Å². The van der Waals surface area contributed by atoms with Gasteiger partial charge in [-0.1, -0.05) is 72.8 Å². The summed E-state index contributed by atoms with van der Waals surface area (Å²) in [6, 6.07) is 25.2. The highest BCUT2D eigenvalue weighted by Crippen LogP contribution is 2.30. The van der Waals surface area contributed by atoms with Gasteiger partial charge in [0, 0.05) is 32.1 Å². The summed E-state index contributed by atoms with van der Waals surface area (Å²) in [4.78, 5) is 29.4. The maximum absolute atomic E-state index is 13.2. The SMILES string of the molecule is CCOC(=O)CN(Cc1ccccc1)C(=O)CCN(Cc1cccc2ccccc12)C1CC1. The number of carbonyl (C=O) groups excluding carboxylic acids is 2. The van der Waals surface area contributed by atoms with Crippen LogP contribution in [-0.2, 0) is 27.4 Å². The largest absolute Gasteiger partial charge is 0.465 e. The second kappa shape index (κ2) is 11.1. The fourth-order valence-corrected chi connectivity index (χ4v) is 4.28. The molecule has 0 bridgehead atoms. The molecule has 1 aliphatic carbocycles. The van der Waals surface area contributed by atoms with E-state index in [4.69, 9.17) is 4.74 Å². The number of nitrogens with zero attached hydrogens (tertiary/aromatic N) is 2. The van der Waals surface area contributed by atoms with Crippen LogP contribution in [0.4, 0.5) is 0 Å². The number of carbonyl (C=O) groups is 2. The molecule has 5 heteroatoms. The number of benzene rings is 3. The highest BCUT2D eigenvalue weighted by atomic mass is 16.5. The Kier molecular flexibility index (Phi) is 7.74. The van der Waals surface area contributed by atoms with Crippen molar-refractivity contribution in [1.29, 1.82) is 0 Å². The second-order valence-corrected chi connectivity index (χ2v) is 8.63. The highest BCUT2D eigenvalue weighted by Gasteiger charge is 2.30. The van der Waals surface area contributed by atoms with Gasteiger partial charge < -0.3 is 9.64 Å². The minimum atomic E-state index is -0.364. The summed E-state index contributed by atoms with van der Waals surface area (Å²) in [6.45, 7) is 3.99. The molecule has 172 valence electrons. The molecule has 1 saturated carbocycles. The Morgan fingerprint density at radius 2 is 1.64 bits per heavy atom. The van der Waals surface area contributed by atoms with Crippen molar-refractivity contribution in [2.45, 2.75) is 45.3 Å². The fourth-order valence-electron chi connectivity index (χ4n) is 4.28. The third kappa shape index (κ3) is 6.42. The van der Waals surface area contributed by atoms with Crippen LogP contribution >= 0.6 is 0 Å². The number of hydrogen-bond acceptors (Lipinski definition) is 4. The molecular formula is C28H32N2O3. The van der Waals surface area contributed by atoms with Crippen LogP contribution in [0.25, 0.3) is 10.8 Å². The Balaban J connectivity index is 1.43. The van der Waals surface area contributed by atoms with Crippen molar-refractivity contribution in [3.8, 4) is 0 Å². The molecule has 33 heavy (non-hydrogen) atoms. The summed E-state index contributed by atoms with van der Waals surface area (Å²) < 4.78 is 5.11. The Labute approximate surface area is 195 Å². The van der Waals surface area contributed by atoms with Crippen molar-refractivity contribution in [3.63, 3.8) is 0 Å². The third-order valence-corrected chi connectivity index (χ3v) is 6.12. The molecule has 0 atom stereocenters. The van der Waals surface area contributed by atoms with Crippen LogP contribution in [0.2, 0.25) is 0 Å². The van der Waals surface area contributed by atoms with E-state index in [9.17, 15) is 9.59 Å². The molecule has 5 nitrogen and oxygen atoms in total. The van der Waals surface area contributed by atoms with Crippen LogP contribution in [0.15, 0.2) is 72.8 Å². The van der Waals surface area contributed by atoms with Crippen LogP contribution in [0.1, 0.15) is 37.3 Å². The van der Waals surface area contributed by atoms with Crippen molar-refractivity contribution < 1.29 is 14.3 Å². The van der Waals surface area contributed by atoms with Crippen LogP contribution in [0.3, 0.4) is 0 Å². The van der Waals surface area contributed by atoms with Gasteiger partial charge >= 0.3 is 5.97 Å². The zero-order valence-corrected chi connectivity index (χ0v) is 19.3. The highest BCUT2D eigenvalue weighted by molar-refractivity contribution is 5.85. The normalized spacial score (nSPS) is 13.3. The van der Waals surface area contributed by atoms with Crippen LogP contribution in [0.5, 0.6) is 0 Å². The number of rotatable bonds is 11. The molecule has 0 saturated heterocycles. The zero-order valence-electron chi connectivity index (χ0n) is 19.3. The number of ether oxygens (including phenoxy) is 1. The number of amides is 1. The lowest BCUT2D eigenvalue weighted by Crippen LogP contribution is -2.38. The molecule has 3 aromatic carbocycles. The monoisotopic (exact) mass is 444 g/mol. The van der Waals surface area contributed by atoms with Crippen molar-refractivity contribution in [1.82, 2.24) is 9.80 Å². The molecular weight excluding hydrogens is 412 g/mol. The molecule has 0 heterocycles. The van der Waals surface area contributed by atoms with E-state index >= 15 is 0 Å². The summed E-state index contributed by atoms with van der Waals surface area (Å²) in [5.41, 5.74) is 2.30. The Hall–Kier alpha value is -3.18.